The predicted molar refractivity (Wildman–Crippen MR) is 51.8 cm³/mol. The molecule has 1 aromatic rings. The van der Waals surface area contributed by atoms with Crippen LogP contribution in [0.15, 0.2) is 0 Å². The van der Waals surface area contributed by atoms with Crippen LogP contribution in [0.5, 0.6) is 0 Å². The Hall–Kier alpha value is -2.12. The monoisotopic (exact) mass is 212 g/mol. The molecule has 1 aromatic heterocycles. The first kappa shape index (κ1) is 11.0. The van der Waals surface area contributed by atoms with Gasteiger partial charge in [0.1, 0.15) is 0 Å². The Morgan fingerprint density at radius 3 is 2.67 bits per heavy atom. The molecule has 1 rings (SSSR count). The molecule has 0 saturated carbocycles. The first-order chi connectivity index (χ1) is 7.00. The second-order valence-electron chi connectivity index (χ2n) is 3.01. The molecule has 0 fully saturated rings. The summed E-state index contributed by atoms with van der Waals surface area (Å²) in [5, 5.41) is 8.19. The minimum absolute atomic E-state index is 0.0147. The molecule has 0 aliphatic heterocycles. The van der Waals surface area contributed by atoms with Gasteiger partial charge in [0.2, 0.25) is 17.7 Å². The second-order valence-corrected chi connectivity index (χ2v) is 3.01. The quantitative estimate of drug-likeness (QED) is 0.546. The number of carbonyl (C=O) groups excluding carboxylic acids is 2. The lowest BCUT2D eigenvalue weighted by Crippen LogP contribution is -2.36. The fourth-order valence-electron chi connectivity index (χ4n) is 0.774. The van der Waals surface area contributed by atoms with Gasteiger partial charge < -0.3 is 16.0 Å². The number of amides is 2. The summed E-state index contributed by atoms with van der Waals surface area (Å²) in [7, 11) is 3.20. The van der Waals surface area contributed by atoms with Crippen molar-refractivity contribution in [3.05, 3.63) is 5.82 Å². The molecular weight excluding hydrogens is 200 g/mol. The Morgan fingerprint density at radius 2 is 2.20 bits per heavy atom. The van der Waals surface area contributed by atoms with Crippen LogP contribution in [-0.2, 0) is 4.79 Å². The first-order valence-electron chi connectivity index (χ1n) is 4.17. The fourth-order valence-corrected chi connectivity index (χ4v) is 0.774. The second kappa shape index (κ2) is 4.40. The number of likely N-dealkylation sites (N-methyl/N-ethyl adjacent to an activating group) is 1. The Kier molecular flexibility index (Phi) is 3.21. The van der Waals surface area contributed by atoms with Crippen LogP contribution in [0.4, 0.5) is 5.95 Å². The van der Waals surface area contributed by atoms with Crippen molar-refractivity contribution in [1.82, 2.24) is 25.4 Å². The van der Waals surface area contributed by atoms with E-state index in [2.05, 4.69) is 20.5 Å². The summed E-state index contributed by atoms with van der Waals surface area (Å²) < 4.78 is 0. The van der Waals surface area contributed by atoms with E-state index in [-0.39, 0.29) is 24.2 Å². The number of nitrogens with one attached hydrogen (secondary N) is 2. The minimum Gasteiger partial charge on any atom is -0.366 e. The highest BCUT2D eigenvalue weighted by molar-refractivity contribution is 5.93. The highest BCUT2D eigenvalue weighted by Crippen LogP contribution is 1.92. The van der Waals surface area contributed by atoms with E-state index in [1.165, 1.54) is 4.90 Å². The van der Waals surface area contributed by atoms with Crippen molar-refractivity contribution >= 4 is 17.8 Å². The van der Waals surface area contributed by atoms with E-state index >= 15 is 0 Å². The molecule has 2 amide bonds. The topological polar surface area (TPSA) is 117 Å². The van der Waals surface area contributed by atoms with Gasteiger partial charge in [0, 0.05) is 14.1 Å². The Morgan fingerprint density at radius 1 is 1.53 bits per heavy atom. The molecule has 0 atom stereocenters. The maximum atomic E-state index is 11.3. The van der Waals surface area contributed by atoms with Gasteiger partial charge >= 0.3 is 0 Å². The largest absolute Gasteiger partial charge is 0.366 e. The lowest BCUT2D eigenvalue weighted by Gasteiger charge is -2.09. The summed E-state index contributed by atoms with van der Waals surface area (Å²) in [5.41, 5.74) is 5.21. The van der Waals surface area contributed by atoms with Gasteiger partial charge in [-0.15, -0.1) is 5.10 Å². The van der Waals surface area contributed by atoms with Crippen LogP contribution in [-0.4, -0.2) is 52.5 Å². The molecule has 0 aliphatic rings. The molecule has 0 spiro atoms. The molecule has 1 heterocycles. The average molecular weight is 212 g/mol. The van der Waals surface area contributed by atoms with Crippen LogP contribution in [0.2, 0.25) is 0 Å². The summed E-state index contributed by atoms with van der Waals surface area (Å²) in [6, 6.07) is 0. The molecule has 15 heavy (non-hydrogen) atoms. The normalized spacial score (nSPS) is 9.73. The molecule has 0 radical (unpaired) electrons. The van der Waals surface area contributed by atoms with Crippen molar-refractivity contribution in [2.45, 2.75) is 0 Å². The minimum atomic E-state index is -0.519. The third kappa shape index (κ3) is 2.93. The third-order valence-corrected chi connectivity index (χ3v) is 1.62. The summed E-state index contributed by atoms with van der Waals surface area (Å²) >= 11 is 0. The van der Waals surface area contributed by atoms with E-state index in [4.69, 9.17) is 5.73 Å². The Bertz CT molecular complexity index is 371. The van der Waals surface area contributed by atoms with Gasteiger partial charge in [0.25, 0.3) is 5.91 Å². The highest BCUT2D eigenvalue weighted by atomic mass is 16.2. The third-order valence-electron chi connectivity index (χ3n) is 1.62. The van der Waals surface area contributed by atoms with Crippen LogP contribution in [0, 0.1) is 0 Å². The maximum absolute atomic E-state index is 11.3. The number of H-pyrrole nitrogens is 1. The van der Waals surface area contributed by atoms with Crippen LogP contribution in [0.1, 0.15) is 10.6 Å². The number of carbonyl (C=O) groups is 2. The van der Waals surface area contributed by atoms with Gasteiger partial charge in [-0.2, -0.15) is 4.98 Å². The van der Waals surface area contributed by atoms with E-state index in [0.717, 1.165) is 0 Å². The summed E-state index contributed by atoms with van der Waals surface area (Å²) in [5.74, 6) is -0.761. The van der Waals surface area contributed by atoms with Crippen LogP contribution in [0.3, 0.4) is 0 Å². The Balaban J connectivity index is 2.47. The maximum Gasteiger partial charge on any atom is 0.289 e. The molecule has 4 N–H and O–H groups in total. The molecular formula is C7H12N6O2. The van der Waals surface area contributed by atoms with Crippen molar-refractivity contribution in [2.75, 3.05) is 26.4 Å². The van der Waals surface area contributed by atoms with E-state index in [9.17, 15) is 9.59 Å². The SMILES string of the molecule is CN(C)C(=O)CNC(=O)c1nc(N)n[nH]1. The molecule has 8 heteroatoms. The summed E-state index contributed by atoms with van der Waals surface area (Å²) in [6.07, 6.45) is 0. The molecule has 0 aromatic carbocycles. The zero-order chi connectivity index (χ0) is 11.4. The number of aromatic nitrogens is 3. The molecule has 8 nitrogen and oxygen atoms in total. The number of nitrogens with zero attached hydrogens (tertiary/aromatic N) is 3. The van der Waals surface area contributed by atoms with Gasteiger partial charge in [-0.25, -0.2) is 0 Å². The van der Waals surface area contributed by atoms with Gasteiger partial charge in [-0.3, -0.25) is 14.7 Å². The number of nitrogens with two attached hydrogens (primary N) is 1. The molecule has 82 valence electrons. The highest BCUT2D eigenvalue weighted by Gasteiger charge is 2.12. The summed E-state index contributed by atoms with van der Waals surface area (Å²) in [6.45, 7) is -0.0908. The Labute approximate surface area is 85.8 Å². The van der Waals surface area contributed by atoms with E-state index < -0.39 is 5.91 Å². The first-order valence-corrected chi connectivity index (χ1v) is 4.17. The van der Waals surface area contributed by atoms with Crippen molar-refractivity contribution in [3.63, 3.8) is 0 Å². The smallest absolute Gasteiger partial charge is 0.289 e. The molecule has 0 bridgehead atoms. The standard InChI is InChI=1S/C7H12N6O2/c1-13(2)4(14)3-9-6(15)5-10-7(8)12-11-5/h3H2,1-2H3,(H,9,15)(H3,8,10,11,12). The number of aromatic amines is 1. The number of hydrogen-bond donors (Lipinski definition) is 3. The summed E-state index contributed by atoms with van der Waals surface area (Å²) in [4.78, 5) is 27.4. The zero-order valence-corrected chi connectivity index (χ0v) is 8.44. The van der Waals surface area contributed by atoms with Crippen LogP contribution >= 0.6 is 0 Å². The van der Waals surface area contributed by atoms with E-state index in [0.29, 0.717) is 0 Å². The fraction of sp³-hybridized carbons (Fsp3) is 0.429. The van der Waals surface area contributed by atoms with Gasteiger partial charge in [0.05, 0.1) is 6.54 Å². The van der Waals surface area contributed by atoms with Crippen molar-refractivity contribution < 1.29 is 9.59 Å². The number of anilines is 1. The number of rotatable bonds is 3. The molecule has 0 saturated heterocycles. The van der Waals surface area contributed by atoms with Gasteiger partial charge in [-0.1, -0.05) is 0 Å². The molecule has 0 aliphatic carbocycles. The van der Waals surface area contributed by atoms with Crippen molar-refractivity contribution in [1.29, 1.82) is 0 Å². The van der Waals surface area contributed by atoms with E-state index in [1.54, 1.807) is 14.1 Å². The van der Waals surface area contributed by atoms with Gasteiger partial charge in [-0.05, 0) is 0 Å². The predicted octanol–water partition coefficient (Wildman–Crippen LogP) is -1.80. The van der Waals surface area contributed by atoms with Crippen LogP contribution in [0.25, 0.3) is 0 Å². The van der Waals surface area contributed by atoms with E-state index in [1.807, 2.05) is 0 Å². The van der Waals surface area contributed by atoms with Crippen molar-refractivity contribution in [2.24, 2.45) is 0 Å². The van der Waals surface area contributed by atoms with Gasteiger partial charge in [0.15, 0.2) is 0 Å². The number of nitrogen functional groups attached to an aromatic ring is 1. The lowest BCUT2D eigenvalue weighted by molar-refractivity contribution is -0.127. The number of hydrogen-bond acceptors (Lipinski definition) is 5. The van der Waals surface area contributed by atoms with Crippen molar-refractivity contribution in [3.8, 4) is 0 Å². The lowest BCUT2D eigenvalue weighted by atomic mass is 10.5. The molecule has 0 unspecified atom stereocenters. The average Bonchev–Trinajstić information content (AvgIpc) is 2.60. The zero-order valence-electron chi connectivity index (χ0n) is 8.44. The van der Waals surface area contributed by atoms with Crippen LogP contribution < -0.4 is 11.1 Å².